The normalized spacial score (nSPS) is 15.7. The van der Waals surface area contributed by atoms with Crippen molar-refractivity contribution in [1.29, 1.82) is 0 Å². The van der Waals surface area contributed by atoms with Crippen molar-refractivity contribution in [2.75, 3.05) is 32.8 Å². The van der Waals surface area contributed by atoms with E-state index in [0.29, 0.717) is 26.2 Å². The number of carbonyl (C=O) groups excluding carboxylic acids is 1. The lowest BCUT2D eigenvalue weighted by atomic mass is 10.2. The zero-order chi connectivity index (χ0) is 14.5. The molecule has 1 aromatic rings. The van der Waals surface area contributed by atoms with Crippen LogP contribution in [0.3, 0.4) is 0 Å². The summed E-state index contributed by atoms with van der Waals surface area (Å²) in [6.45, 7) is 8.31. The number of carbonyl (C=O) groups is 1. The molecule has 0 aliphatic carbocycles. The summed E-state index contributed by atoms with van der Waals surface area (Å²) in [7, 11) is 1.95. The average Bonchev–Trinajstić information content (AvgIpc) is 2.70. The van der Waals surface area contributed by atoms with E-state index in [1.807, 2.05) is 23.6 Å². The van der Waals surface area contributed by atoms with Crippen LogP contribution in [0.15, 0.2) is 0 Å². The van der Waals surface area contributed by atoms with Gasteiger partial charge in [0, 0.05) is 50.9 Å². The van der Waals surface area contributed by atoms with E-state index in [1.165, 1.54) is 11.3 Å². The Hall–Kier alpha value is -1.40. The van der Waals surface area contributed by atoms with Gasteiger partial charge in [-0.05, 0) is 13.8 Å². The molecule has 0 saturated carbocycles. The summed E-state index contributed by atoms with van der Waals surface area (Å²) < 4.78 is 7.14. The fourth-order valence-electron chi connectivity index (χ4n) is 2.45. The van der Waals surface area contributed by atoms with Crippen molar-refractivity contribution in [3.05, 3.63) is 17.0 Å². The number of nitrogens with one attached hydrogen (secondary N) is 1. The van der Waals surface area contributed by atoms with Crippen LogP contribution in [0.2, 0.25) is 0 Å². The number of rotatable bonds is 5. The predicted octanol–water partition coefficient (Wildman–Crippen LogP) is 0.375. The number of aryl methyl sites for hydroxylation is 2. The molecule has 6 heteroatoms. The maximum absolute atomic E-state index is 12.0. The lowest BCUT2D eigenvalue weighted by Crippen LogP contribution is -2.41. The Labute approximate surface area is 120 Å². The van der Waals surface area contributed by atoms with Crippen molar-refractivity contribution < 1.29 is 9.53 Å². The molecule has 112 valence electrons. The van der Waals surface area contributed by atoms with Gasteiger partial charge >= 0.3 is 0 Å². The summed E-state index contributed by atoms with van der Waals surface area (Å²) in [5, 5.41) is 7.72. The topological polar surface area (TPSA) is 59.4 Å². The fourth-order valence-corrected chi connectivity index (χ4v) is 2.45. The van der Waals surface area contributed by atoms with Gasteiger partial charge in [-0.1, -0.05) is 0 Å². The van der Waals surface area contributed by atoms with E-state index in [1.54, 1.807) is 0 Å². The fraction of sp³-hybridized carbons (Fsp3) is 0.714. The number of ether oxygens (including phenoxy) is 1. The van der Waals surface area contributed by atoms with Crippen LogP contribution < -0.4 is 5.32 Å². The second-order valence-corrected chi connectivity index (χ2v) is 5.19. The van der Waals surface area contributed by atoms with Crippen molar-refractivity contribution >= 4 is 5.91 Å². The summed E-state index contributed by atoms with van der Waals surface area (Å²) in [6, 6.07) is 0. The lowest BCUT2D eigenvalue weighted by molar-refractivity contribution is -0.135. The maximum atomic E-state index is 12.0. The second kappa shape index (κ2) is 6.85. The molecule has 1 saturated heterocycles. The number of morpholine rings is 1. The highest BCUT2D eigenvalue weighted by Crippen LogP contribution is 2.11. The van der Waals surface area contributed by atoms with Crippen LogP contribution in [0.4, 0.5) is 0 Å². The minimum Gasteiger partial charge on any atom is -0.378 e. The van der Waals surface area contributed by atoms with Gasteiger partial charge in [0.05, 0.1) is 18.9 Å². The molecule has 0 radical (unpaired) electrons. The minimum absolute atomic E-state index is 0.209. The van der Waals surface area contributed by atoms with E-state index < -0.39 is 0 Å². The van der Waals surface area contributed by atoms with Gasteiger partial charge < -0.3 is 15.0 Å². The van der Waals surface area contributed by atoms with Crippen LogP contribution in [-0.2, 0) is 23.1 Å². The van der Waals surface area contributed by atoms with E-state index in [4.69, 9.17) is 4.74 Å². The smallest absolute Gasteiger partial charge is 0.224 e. The van der Waals surface area contributed by atoms with Gasteiger partial charge in [0.15, 0.2) is 0 Å². The summed E-state index contributed by atoms with van der Waals surface area (Å²) in [5.41, 5.74) is 3.46. The molecule has 1 aliphatic rings. The highest BCUT2D eigenvalue weighted by molar-refractivity contribution is 5.76. The van der Waals surface area contributed by atoms with Crippen molar-refractivity contribution in [3.8, 4) is 0 Å². The largest absolute Gasteiger partial charge is 0.378 e. The number of hydrogen-bond donors (Lipinski definition) is 1. The van der Waals surface area contributed by atoms with Crippen LogP contribution in [0, 0.1) is 13.8 Å². The number of nitrogens with zero attached hydrogens (tertiary/aromatic N) is 3. The number of aromatic nitrogens is 2. The molecule has 0 atom stereocenters. The van der Waals surface area contributed by atoms with Crippen LogP contribution in [0.5, 0.6) is 0 Å². The first-order valence-corrected chi connectivity index (χ1v) is 7.15. The van der Waals surface area contributed by atoms with Crippen LogP contribution in [0.25, 0.3) is 0 Å². The summed E-state index contributed by atoms with van der Waals surface area (Å²) in [5.74, 6) is 0.209. The quantitative estimate of drug-likeness (QED) is 0.792. The third kappa shape index (κ3) is 3.58. The molecule has 0 spiro atoms. The van der Waals surface area contributed by atoms with Gasteiger partial charge in [-0.2, -0.15) is 5.10 Å². The molecule has 1 N–H and O–H groups in total. The van der Waals surface area contributed by atoms with Gasteiger partial charge in [0.1, 0.15) is 0 Å². The Kier molecular flexibility index (Phi) is 5.14. The van der Waals surface area contributed by atoms with Crippen LogP contribution >= 0.6 is 0 Å². The Bertz CT molecular complexity index is 464. The zero-order valence-electron chi connectivity index (χ0n) is 12.6. The van der Waals surface area contributed by atoms with Crippen molar-refractivity contribution in [1.82, 2.24) is 20.0 Å². The van der Waals surface area contributed by atoms with E-state index in [-0.39, 0.29) is 5.91 Å². The van der Waals surface area contributed by atoms with Gasteiger partial charge in [-0.25, -0.2) is 0 Å². The molecule has 0 unspecified atom stereocenters. The lowest BCUT2D eigenvalue weighted by Gasteiger charge is -2.26. The van der Waals surface area contributed by atoms with Crippen molar-refractivity contribution in [3.63, 3.8) is 0 Å². The molecule has 1 amide bonds. The third-order valence-electron chi connectivity index (χ3n) is 3.84. The van der Waals surface area contributed by atoms with Crippen molar-refractivity contribution in [2.45, 2.75) is 26.8 Å². The molecule has 0 bridgehead atoms. The van der Waals surface area contributed by atoms with E-state index in [0.717, 1.165) is 25.3 Å². The van der Waals surface area contributed by atoms with Gasteiger partial charge in [-0.3, -0.25) is 9.48 Å². The van der Waals surface area contributed by atoms with Gasteiger partial charge in [0.2, 0.25) is 5.91 Å². The Morgan fingerprint density at radius 1 is 1.35 bits per heavy atom. The third-order valence-corrected chi connectivity index (χ3v) is 3.84. The van der Waals surface area contributed by atoms with Crippen LogP contribution in [-0.4, -0.2) is 53.4 Å². The summed E-state index contributed by atoms with van der Waals surface area (Å²) in [4.78, 5) is 13.8. The van der Waals surface area contributed by atoms with Crippen molar-refractivity contribution in [2.24, 2.45) is 7.05 Å². The molecule has 1 fully saturated rings. The van der Waals surface area contributed by atoms with E-state index in [9.17, 15) is 4.79 Å². The van der Waals surface area contributed by atoms with Gasteiger partial charge in [-0.15, -0.1) is 0 Å². The molecule has 1 aliphatic heterocycles. The summed E-state index contributed by atoms with van der Waals surface area (Å²) in [6.07, 6.45) is 0.540. The minimum atomic E-state index is 0.209. The Balaban J connectivity index is 1.72. The molecule has 1 aromatic heterocycles. The highest BCUT2D eigenvalue weighted by Gasteiger charge is 2.16. The first-order chi connectivity index (χ1) is 9.59. The first-order valence-electron chi connectivity index (χ1n) is 7.15. The standard InChI is InChI=1S/C14H24N4O2/c1-11-13(12(2)17(3)16-11)10-15-5-4-14(19)18-6-8-20-9-7-18/h15H,4-10H2,1-3H3. The SMILES string of the molecule is Cc1nn(C)c(C)c1CNCCC(=O)N1CCOCC1. The average molecular weight is 280 g/mol. The highest BCUT2D eigenvalue weighted by atomic mass is 16.5. The number of amides is 1. The molecular weight excluding hydrogens is 256 g/mol. The molecule has 2 rings (SSSR count). The molecular formula is C14H24N4O2. The van der Waals surface area contributed by atoms with Crippen LogP contribution in [0.1, 0.15) is 23.4 Å². The summed E-state index contributed by atoms with van der Waals surface area (Å²) >= 11 is 0. The maximum Gasteiger partial charge on any atom is 0.224 e. The molecule has 0 aromatic carbocycles. The van der Waals surface area contributed by atoms with E-state index >= 15 is 0 Å². The second-order valence-electron chi connectivity index (χ2n) is 5.19. The molecule has 2 heterocycles. The van der Waals surface area contributed by atoms with E-state index in [2.05, 4.69) is 17.3 Å². The monoisotopic (exact) mass is 280 g/mol. The Morgan fingerprint density at radius 2 is 2.05 bits per heavy atom. The predicted molar refractivity (Wildman–Crippen MR) is 76.4 cm³/mol. The molecule has 20 heavy (non-hydrogen) atoms. The molecule has 6 nitrogen and oxygen atoms in total. The van der Waals surface area contributed by atoms with Gasteiger partial charge in [0.25, 0.3) is 0 Å². The number of hydrogen-bond acceptors (Lipinski definition) is 4. The zero-order valence-corrected chi connectivity index (χ0v) is 12.6. The first kappa shape index (κ1) is 15.0. The Morgan fingerprint density at radius 3 is 2.65 bits per heavy atom.